The van der Waals surface area contributed by atoms with Crippen molar-refractivity contribution in [1.82, 2.24) is 4.90 Å². The average Bonchev–Trinajstić information content (AvgIpc) is 2.99. The molecular weight excluding hydrogens is 277 g/mol. The number of nitrogens with zero attached hydrogens (tertiary/aromatic N) is 1. The fraction of sp³-hybridized carbons (Fsp3) is 0.267. The Hall–Kier alpha value is -1.88. The maximum absolute atomic E-state index is 12.7. The van der Waals surface area contributed by atoms with E-state index >= 15 is 0 Å². The predicted molar refractivity (Wildman–Crippen MR) is 77.4 cm³/mol. The van der Waals surface area contributed by atoms with Crippen molar-refractivity contribution in [3.05, 3.63) is 52.5 Å². The first kappa shape index (κ1) is 14.5. The number of carbonyl (C=O) groups is 1. The number of carbonyl (C=O) groups excluding carboxylic acids is 1. The molecule has 1 atom stereocenters. The zero-order valence-corrected chi connectivity index (χ0v) is 12.2. The van der Waals surface area contributed by atoms with E-state index in [4.69, 9.17) is 4.74 Å². The molecule has 5 heteroatoms. The summed E-state index contributed by atoms with van der Waals surface area (Å²) < 4.78 is 18.1. The summed E-state index contributed by atoms with van der Waals surface area (Å²) in [6.45, 7) is 1.92. The molecule has 0 bridgehead atoms. The number of halogens is 1. The number of ether oxygens (including phenoxy) is 1. The van der Waals surface area contributed by atoms with Gasteiger partial charge in [0, 0.05) is 11.9 Å². The van der Waals surface area contributed by atoms with Crippen molar-refractivity contribution in [2.75, 3.05) is 13.7 Å². The van der Waals surface area contributed by atoms with Gasteiger partial charge in [0.1, 0.15) is 11.6 Å². The Morgan fingerprint density at radius 2 is 2.05 bits per heavy atom. The van der Waals surface area contributed by atoms with E-state index in [1.807, 2.05) is 24.4 Å². The lowest BCUT2D eigenvalue weighted by molar-refractivity contribution is -0.133. The smallest absolute Gasteiger partial charge is 0.260 e. The molecule has 0 aliphatic carbocycles. The first-order valence-corrected chi connectivity index (χ1v) is 7.13. The lowest BCUT2D eigenvalue weighted by Gasteiger charge is -2.24. The van der Waals surface area contributed by atoms with Gasteiger partial charge in [0.15, 0.2) is 6.61 Å². The Bertz CT molecular complexity index is 554. The van der Waals surface area contributed by atoms with Crippen LogP contribution in [0, 0.1) is 5.82 Å². The average molecular weight is 293 g/mol. The minimum absolute atomic E-state index is 0.0133. The van der Waals surface area contributed by atoms with E-state index in [1.165, 1.54) is 24.3 Å². The van der Waals surface area contributed by atoms with Crippen LogP contribution in [0.25, 0.3) is 0 Å². The van der Waals surface area contributed by atoms with E-state index in [9.17, 15) is 9.18 Å². The minimum atomic E-state index is -0.327. The molecule has 0 aliphatic rings. The molecule has 0 saturated heterocycles. The van der Waals surface area contributed by atoms with Crippen LogP contribution < -0.4 is 4.74 Å². The molecule has 0 aliphatic heterocycles. The Morgan fingerprint density at radius 3 is 2.65 bits per heavy atom. The summed E-state index contributed by atoms with van der Waals surface area (Å²) in [6.07, 6.45) is 0. The van der Waals surface area contributed by atoms with E-state index in [1.54, 1.807) is 23.3 Å². The highest BCUT2D eigenvalue weighted by atomic mass is 32.1. The summed E-state index contributed by atoms with van der Waals surface area (Å²) in [5, 5.41) is 1.99. The van der Waals surface area contributed by atoms with Crippen LogP contribution >= 0.6 is 11.3 Å². The summed E-state index contributed by atoms with van der Waals surface area (Å²) in [7, 11) is 1.75. The number of benzene rings is 1. The molecule has 1 amide bonds. The van der Waals surface area contributed by atoms with Crippen molar-refractivity contribution in [3.63, 3.8) is 0 Å². The number of amides is 1. The monoisotopic (exact) mass is 293 g/mol. The van der Waals surface area contributed by atoms with Gasteiger partial charge in [-0.3, -0.25) is 4.79 Å². The molecule has 1 aromatic heterocycles. The first-order valence-electron chi connectivity index (χ1n) is 6.25. The number of rotatable bonds is 5. The molecule has 1 aromatic carbocycles. The molecule has 0 unspecified atom stereocenters. The van der Waals surface area contributed by atoms with Gasteiger partial charge >= 0.3 is 0 Å². The van der Waals surface area contributed by atoms with Crippen molar-refractivity contribution in [3.8, 4) is 5.75 Å². The van der Waals surface area contributed by atoms with Gasteiger partial charge in [0.25, 0.3) is 5.91 Å². The summed E-state index contributed by atoms with van der Waals surface area (Å²) in [5.74, 6) is 0.0410. The van der Waals surface area contributed by atoms with Crippen LogP contribution in [-0.2, 0) is 4.79 Å². The van der Waals surface area contributed by atoms with Gasteiger partial charge in [-0.2, -0.15) is 0 Å². The summed E-state index contributed by atoms with van der Waals surface area (Å²) in [5.41, 5.74) is 0. The van der Waals surface area contributed by atoms with Gasteiger partial charge in [0.2, 0.25) is 0 Å². The van der Waals surface area contributed by atoms with E-state index in [0.717, 1.165) is 4.88 Å². The van der Waals surface area contributed by atoms with E-state index in [0.29, 0.717) is 5.75 Å². The maximum atomic E-state index is 12.7. The zero-order valence-electron chi connectivity index (χ0n) is 11.4. The van der Waals surface area contributed by atoms with Crippen molar-refractivity contribution in [2.24, 2.45) is 0 Å². The second kappa shape index (κ2) is 6.52. The van der Waals surface area contributed by atoms with Gasteiger partial charge in [-0.25, -0.2) is 4.39 Å². The van der Waals surface area contributed by atoms with Gasteiger partial charge in [-0.05, 0) is 42.6 Å². The van der Waals surface area contributed by atoms with Crippen LogP contribution in [0.3, 0.4) is 0 Å². The number of likely N-dealkylation sites (N-methyl/N-ethyl adjacent to an activating group) is 1. The molecule has 0 fully saturated rings. The Morgan fingerprint density at radius 1 is 1.35 bits per heavy atom. The third-order valence-corrected chi connectivity index (χ3v) is 4.15. The largest absolute Gasteiger partial charge is 0.484 e. The van der Waals surface area contributed by atoms with Gasteiger partial charge in [0.05, 0.1) is 6.04 Å². The third-order valence-electron chi connectivity index (χ3n) is 3.11. The quantitative estimate of drug-likeness (QED) is 0.844. The molecule has 0 N–H and O–H groups in total. The first-order chi connectivity index (χ1) is 9.58. The number of hydrogen-bond donors (Lipinski definition) is 0. The summed E-state index contributed by atoms with van der Waals surface area (Å²) >= 11 is 1.62. The normalized spacial score (nSPS) is 11.9. The summed E-state index contributed by atoms with van der Waals surface area (Å²) in [6, 6.07) is 9.59. The van der Waals surface area contributed by atoms with Crippen LogP contribution in [0.2, 0.25) is 0 Å². The molecule has 20 heavy (non-hydrogen) atoms. The van der Waals surface area contributed by atoms with Crippen LogP contribution in [0.15, 0.2) is 41.8 Å². The molecule has 3 nitrogen and oxygen atoms in total. The Kier molecular flexibility index (Phi) is 4.74. The number of thiophene rings is 1. The SMILES string of the molecule is C[C@H](c1cccs1)N(C)C(=O)COc1ccc(F)cc1. The van der Waals surface area contributed by atoms with E-state index in [2.05, 4.69) is 0 Å². The molecule has 0 saturated carbocycles. The molecule has 0 spiro atoms. The van der Waals surface area contributed by atoms with Gasteiger partial charge in [-0.1, -0.05) is 6.07 Å². The molecule has 1 heterocycles. The third kappa shape index (κ3) is 3.57. The molecule has 0 radical (unpaired) electrons. The lowest BCUT2D eigenvalue weighted by Crippen LogP contribution is -2.33. The van der Waals surface area contributed by atoms with Crippen molar-refractivity contribution in [2.45, 2.75) is 13.0 Å². The van der Waals surface area contributed by atoms with Crippen molar-refractivity contribution >= 4 is 17.2 Å². The molecule has 106 valence electrons. The van der Waals surface area contributed by atoms with Gasteiger partial charge in [-0.15, -0.1) is 11.3 Å². The predicted octanol–water partition coefficient (Wildman–Crippen LogP) is 3.49. The van der Waals surface area contributed by atoms with Crippen molar-refractivity contribution < 1.29 is 13.9 Å². The molecule has 2 rings (SSSR count). The van der Waals surface area contributed by atoms with Crippen LogP contribution in [0.4, 0.5) is 4.39 Å². The van der Waals surface area contributed by atoms with Crippen molar-refractivity contribution in [1.29, 1.82) is 0 Å². The summed E-state index contributed by atoms with van der Waals surface area (Å²) in [4.78, 5) is 14.8. The van der Waals surface area contributed by atoms with Crippen LogP contribution in [0.5, 0.6) is 5.75 Å². The van der Waals surface area contributed by atoms with Crippen LogP contribution in [0.1, 0.15) is 17.8 Å². The highest BCUT2D eigenvalue weighted by Crippen LogP contribution is 2.23. The lowest BCUT2D eigenvalue weighted by atomic mass is 10.2. The Balaban J connectivity index is 1.89. The second-order valence-electron chi connectivity index (χ2n) is 4.44. The number of hydrogen-bond acceptors (Lipinski definition) is 3. The van der Waals surface area contributed by atoms with Crippen LogP contribution in [-0.4, -0.2) is 24.5 Å². The Labute approximate surface area is 121 Å². The highest BCUT2D eigenvalue weighted by Gasteiger charge is 2.18. The molecular formula is C15H16FNO2S. The second-order valence-corrected chi connectivity index (χ2v) is 5.42. The fourth-order valence-electron chi connectivity index (χ4n) is 1.71. The topological polar surface area (TPSA) is 29.5 Å². The fourth-order valence-corrected chi connectivity index (χ4v) is 2.54. The van der Waals surface area contributed by atoms with Gasteiger partial charge < -0.3 is 9.64 Å². The minimum Gasteiger partial charge on any atom is -0.484 e. The molecule has 2 aromatic rings. The van der Waals surface area contributed by atoms with E-state index < -0.39 is 0 Å². The maximum Gasteiger partial charge on any atom is 0.260 e. The van der Waals surface area contributed by atoms with E-state index in [-0.39, 0.29) is 24.4 Å². The highest BCUT2D eigenvalue weighted by molar-refractivity contribution is 7.10. The standard InChI is InChI=1S/C15H16FNO2S/c1-11(14-4-3-9-20-14)17(2)15(18)10-19-13-7-5-12(16)6-8-13/h3-9,11H,10H2,1-2H3/t11-/m1/s1. The zero-order chi connectivity index (χ0) is 14.5.